The number of carbonyl (C=O) groups is 2. The molecule has 5 aliphatic rings. The minimum Gasteiger partial charge on any atom is -0.508 e. The van der Waals surface area contributed by atoms with Crippen molar-refractivity contribution in [3.63, 3.8) is 0 Å². The second-order valence-corrected chi connectivity index (χ2v) is 19.9. The first-order valence-corrected chi connectivity index (χ1v) is 23.0. The van der Waals surface area contributed by atoms with Gasteiger partial charge in [0.25, 0.3) is 0 Å². The van der Waals surface area contributed by atoms with Gasteiger partial charge in [-0.05, 0) is 217 Å². The van der Waals surface area contributed by atoms with Crippen molar-refractivity contribution in [3.05, 3.63) is 112 Å². The summed E-state index contributed by atoms with van der Waals surface area (Å²) < 4.78 is 0. The average Bonchev–Trinajstić information content (AvgIpc) is 3.56. The minimum atomic E-state index is -0.703. The summed E-state index contributed by atoms with van der Waals surface area (Å²) in [5.74, 6) is 1.69. The Morgan fingerprint density at radius 2 is 1.06 bits per heavy atom. The standard InChI is InChI=1S/2C18H20O3.C18H24O2/c2*1-3-16-15-6-4-11-10-12(19)5-7-13(11)14(15)8-9-18(16,2)17(20)21;1-18-9-8-14-13-5-3-12(19)10-11(13)2-4-15(14)16(18)6-7-17(18)20/h2*4-7,10,16,19H,3,8-9H2,1-2H3,(H,20,21);3,5,10,14-17,19-20H,2,4,6-9H2,1H3/t2*16-,18+;14?,15?,16-,17?,18-/m100/s1. The van der Waals surface area contributed by atoms with Crippen molar-refractivity contribution >= 4 is 33.5 Å². The molecule has 3 unspecified atom stereocenters. The fraction of sp³-hybridized carbons (Fsp3) is 0.481. The molecule has 6 N–H and O–H groups in total. The Labute approximate surface area is 365 Å². The number of fused-ring (bicyclic) bond motifs is 11. The molecule has 9 atom stereocenters. The van der Waals surface area contributed by atoms with E-state index >= 15 is 0 Å². The summed E-state index contributed by atoms with van der Waals surface area (Å²) in [5.41, 5.74) is 6.43. The van der Waals surface area contributed by atoms with E-state index in [0.717, 1.165) is 83.5 Å². The van der Waals surface area contributed by atoms with Crippen LogP contribution in [0.5, 0.6) is 17.2 Å². The lowest BCUT2D eigenvalue weighted by Gasteiger charge is -2.50. The van der Waals surface area contributed by atoms with Crippen LogP contribution in [0.15, 0.2) is 78.9 Å². The van der Waals surface area contributed by atoms with Gasteiger partial charge in [-0.2, -0.15) is 0 Å². The predicted octanol–water partition coefficient (Wildman–Crippen LogP) is 11.8. The molecule has 0 radical (unpaired) electrons. The highest BCUT2D eigenvalue weighted by Gasteiger charge is 2.54. The van der Waals surface area contributed by atoms with Gasteiger partial charge in [0.05, 0.1) is 16.9 Å². The van der Waals surface area contributed by atoms with E-state index in [-0.39, 0.29) is 34.9 Å². The minimum absolute atomic E-state index is 0.0388. The Hall–Kier alpha value is -5.08. The Morgan fingerprint density at radius 1 is 0.581 bits per heavy atom. The van der Waals surface area contributed by atoms with E-state index in [1.165, 1.54) is 41.5 Å². The van der Waals surface area contributed by atoms with Crippen LogP contribution in [0.25, 0.3) is 21.5 Å². The zero-order valence-electron chi connectivity index (χ0n) is 37.0. The molecule has 5 aliphatic carbocycles. The van der Waals surface area contributed by atoms with Gasteiger partial charge < -0.3 is 30.6 Å². The molecule has 0 aliphatic heterocycles. The fourth-order valence-corrected chi connectivity index (χ4v) is 13.2. The number of phenolic OH excluding ortho intramolecular Hbond substituents is 3. The Morgan fingerprint density at radius 3 is 1.56 bits per heavy atom. The van der Waals surface area contributed by atoms with Crippen LogP contribution in [-0.4, -0.2) is 48.7 Å². The molecule has 5 aromatic carbocycles. The van der Waals surface area contributed by atoms with Crippen molar-refractivity contribution < 1.29 is 40.2 Å². The van der Waals surface area contributed by atoms with Crippen LogP contribution in [0.3, 0.4) is 0 Å². The zero-order chi connectivity index (χ0) is 44.3. The number of aliphatic hydroxyl groups is 1. The van der Waals surface area contributed by atoms with Crippen molar-refractivity contribution in [1.82, 2.24) is 0 Å². The maximum Gasteiger partial charge on any atom is 0.309 e. The molecule has 0 heterocycles. The molecule has 8 nitrogen and oxygen atoms in total. The number of aryl methyl sites for hydroxylation is 3. The molecule has 0 saturated heterocycles. The lowest BCUT2D eigenvalue weighted by atomic mass is 9.55. The molecular formula is C54H64O8. The van der Waals surface area contributed by atoms with Crippen molar-refractivity contribution in [2.45, 2.75) is 136 Å². The molecule has 5 aromatic rings. The molecule has 0 amide bonds. The van der Waals surface area contributed by atoms with Crippen molar-refractivity contribution in [1.29, 1.82) is 0 Å². The lowest BCUT2D eigenvalue weighted by Crippen LogP contribution is -2.43. The largest absolute Gasteiger partial charge is 0.508 e. The van der Waals surface area contributed by atoms with Crippen LogP contribution >= 0.6 is 0 Å². The molecule has 0 bridgehead atoms. The first kappa shape index (κ1) is 43.6. The highest BCUT2D eigenvalue weighted by atomic mass is 16.4. The summed E-state index contributed by atoms with van der Waals surface area (Å²) in [6.45, 7) is 10.2. The van der Waals surface area contributed by atoms with Crippen molar-refractivity contribution in [2.75, 3.05) is 0 Å². The maximum atomic E-state index is 11.7. The number of rotatable bonds is 4. The normalized spacial score (nSPS) is 30.5. The van der Waals surface area contributed by atoms with Crippen LogP contribution in [0.2, 0.25) is 0 Å². The van der Waals surface area contributed by atoms with Gasteiger partial charge in [-0.3, -0.25) is 9.59 Å². The average molecular weight is 841 g/mol. The first-order chi connectivity index (χ1) is 29.5. The maximum absolute atomic E-state index is 11.7. The third-order valence-corrected chi connectivity index (χ3v) is 16.8. The van der Waals surface area contributed by atoms with E-state index in [1.807, 2.05) is 62.4 Å². The zero-order valence-corrected chi connectivity index (χ0v) is 37.0. The number of carboxylic acids is 2. The van der Waals surface area contributed by atoms with Crippen LogP contribution in [0, 0.1) is 28.1 Å². The Bertz CT molecular complexity index is 2400. The SMILES string of the molecule is CC[C@@H]1c2ccc3cc(O)ccc3c2CC[C@]1(C)C(=O)O.CC[C@H]1c2ccc3cc(O)ccc3c2CC[C@@]1(C)C(=O)O.C[C@]12CCC3c4ccc(O)cc4CCC3[C@@H]1CCC2O. The summed E-state index contributed by atoms with van der Waals surface area (Å²) in [5, 5.41) is 62.9. The summed E-state index contributed by atoms with van der Waals surface area (Å²) in [7, 11) is 0. The number of aliphatic hydroxyl groups excluding tert-OH is 1. The summed E-state index contributed by atoms with van der Waals surface area (Å²) in [6, 6.07) is 24.9. The Balaban J connectivity index is 0.000000128. The van der Waals surface area contributed by atoms with Gasteiger partial charge in [0.2, 0.25) is 0 Å². The molecule has 2 saturated carbocycles. The quantitative estimate of drug-likeness (QED) is 0.104. The number of hydrogen-bond acceptors (Lipinski definition) is 6. The van der Waals surface area contributed by atoms with Gasteiger partial charge in [0.1, 0.15) is 17.2 Å². The van der Waals surface area contributed by atoms with Crippen LogP contribution in [-0.2, 0) is 28.9 Å². The number of hydrogen-bond donors (Lipinski definition) is 6. The molecule has 8 heteroatoms. The van der Waals surface area contributed by atoms with Crippen molar-refractivity contribution in [3.8, 4) is 17.2 Å². The second-order valence-electron chi connectivity index (χ2n) is 19.9. The van der Waals surface area contributed by atoms with Crippen molar-refractivity contribution in [2.24, 2.45) is 28.1 Å². The van der Waals surface area contributed by atoms with E-state index in [9.17, 15) is 40.2 Å². The smallest absolute Gasteiger partial charge is 0.309 e. The third-order valence-electron chi connectivity index (χ3n) is 16.8. The molecule has 0 aromatic heterocycles. The van der Waals surface area contributed by atoms with Gasteiger partial charge in [0, 0.05) is 0 Å². The number of carboxylic acid groups (broad SMARTS) is 2. The Kier molecular flexibility index (Phi) is 11.6. The number of benzene rings is 5. The van der Waals surface area contributed by atoms with E-state index in [0.29, 0.717) is 30.4 Å². The molecule has 328 valence electrons. The van der Waals surface area contributed by atoms with Crippen LogP contribution in [0.4, 0.5) is 0 Å². The van der Waals surface area contributed by atoms with Crippen LogP contribution < -0.4 is 0 Å². The third kappa shape index (κ3) is 7.30. The van der Waals surface area contributed by atoms with E-state index in [2.05, 4.69) is 26.8 Å². The molecule has 0 spiro atoms. The number of phenols is 3. The van der Waals surface area contributed by atoms with Gasteiger partial charge in [0.15, 0.2) is 0 Å². The highest BCUT2D eigenvalue weighted by molar-refractivity contribution is 5.90. The van der Waals surface area contributed by atoms with E-state index < -0.39 is 22.8 Å². The molecule has 62 heavy (non-hydrogen) atoms. The topological polar surface area (TPSA) is 156 Å². The van der Waals surface area contributed by atoms with Gasteiger partial charge in [-0.15, -0.1) is 0 Å². The monoisotopic (exact) mass is 840 g/mol. The molecular weight excluding hydrogens is 777 g/mol. The van der Waals surface area contributed by atoms with E-state index in [4.69, 9.17) is 0 Å². The summed E-state index contributed by atoms with van der Waals surface area (Å²) in [6.07, 6.45) is 11.3. The van der Waals surface area contributed by atoms with Crippen LogP contribution in [0.1, 0.15) is 144 Å². The summed E-state index contributed by atoms with van der Waals surface area (Å²) in [4.78, 5) is 23.5. The van der Waals surface area contributed by atoms with Gasteiger partial charge in [-0.25, -0.2) is 0 Å². The second kappa shape index (κ2) is 16.6. The fourth-order valence-electron chi connectivity index (χ4n) is 13.2. The molecule has 2 fully saturated rings. The van der Waals surface area contributed by atoms with E-state index in [1.54, 1.807) is 24.3 Å². The summed E-state index contributed by atoms with van der Waals surface area (Å²) >= 11 is 0. The number of aromatic hydroxyl groups is 3. The van der Waals surface area contributed by atoms with Gasteiger partial charge in [-0.1, -0.05) is 63.2 Å². The highest BCUT2D eigenvalue weighted by Crippen LogP contribution is 2.61. The number of aliphatic carboxylic acids is 2. The first-order valence-electron chi connectivity index (χ1n) is 23.0. The molecule has 10 rings (SSSR count). The van der Waals surface area contributed by atoms with Gasteiger partial charge >= 0.3 is 11.9 Å². The predicted molar refractivity (Wildman–Crippen MR) is 244 cm³/mol. The lowest BCUT2D eigenvalue weighted by molar-refractivity contribution is -0.151.